The predicted molar refractivity (Wildman–Crippen MR) is 94.5 cm³/mol. The number of nitrogens with one attached hydrogen (secondary N) is 3. The first-order valence-corrected chi connectivity index (χ1v) is 8.37. The van der Waals surface area contributed by atoms with Gasteiger partial charge in [0.15, 0.2) is 0 Å². The van der Waals surface area contributed by atoms with Crippen LogP contribution in [0.4, 0.5) is 17.3 Å². The topological polar surface area (TPSA) is 135 Å². The van der Waals surface area contributed by atoms with Crippen LogP contribution in [-0.4, -0.2) is 31.8 Å². The Kier molecular flexibility index (Phi) is 5.52. The maximum Gasteiger partial charge on any atom is 0.354 e. The van der Waals surface area contributed by atoms with Gasteiger partial charge in [0.25, 0.3) is 5.91 Å². The predicted octanol–water partition coefficient (Wildman–Crippen LogP) is 2.28. The summed E-state index contributed by atoms with van der Waals surface area (Å²) in [4.78, 5) is 34.8. The first-order chi connectivity index (χ1) is 12.6. The molecule has 10 heteroatoms. The van der Waals surface area contributed by atoms with Crippen LogP contribution in [0.25, 0.3) is 0 Å². The second-order valence-electron chi connectivity index (χ2n) is 5.97. The molecule has 1 aliphatic carbocycles. The van der Waals surface area contributed by atoms with Crippen LogP contribution in [0.15, 0.2) is 30.9 Å². The van der Waals surface area contributed by atoms with Gasteiger partial charge in [-0.15, -0.1) is 0 Å². The third kappa shape index (κ3) is 4.21. The van der Waals surface area contributed by atoms with Gasteiger partial charge in [0.05, 0.1) is 4.92 Å². The number of aromatic nitrogens is 3. The van der Waals surface area contributed by atoms with E-state index in [1.807, 2.05) is 0 Å². The van der Waals surface area contributed by atoms with Crippen molar-refractivity contribution in [1.29, 1.82) is 0 Å². The summed E-state index contributed by atoms with van der Waals surface area (Å²) in [6, 6.07) is 3.21. The summed E-state index contributed by atoms with van der Waals surface area (Å²) in [6.07, 6.45) is 9.43. The first kappa shape index (κ1) is 17.5. The molecular formula is C16H19N7O3. The average molecular weight is 357 g/mol. The number of nitrogens with zero attached hydrogens (tertiary/aromatic N) is 4. The van der Waals surface area contributed by atoms with E-state index in [4.69, 9.17) is 0 Å². The van der Waals surface area contributed by atoms with Crippen LogP contribution in [0.2, 0.25) is 0 Å². The number of hydrogen-bond acceptors (Lipinski definition) is 8. The number of hydrazine groups is 1. The maximum absolute atomic E-state index is 12.1. The van der Waals surface area contributed by atoms with Crippen LogP contribution in [0.1, 0.15) is 42.5 Å². The lowest BCUT2D eigenvalue weighted by Gasteiger charge is -2.23. The molecule has 3 N–H and O–H groups in total. The molecule has 0 bridgehead atoms. The summed E-state index contributed by atoms with van der Waals surface area (Å²) in [7, 11) is 0. The highest BCUT2D eigenvalue weighted by Gasteiger charge is 2.26. The zero-order valence-corrected chi connectivity index (χ0v) is 14.0. The van der Waals surface area contributed by atoms with Gasteiger partial charge < -0.3 is 5.32 Å². The summed E-state index contributed by atoms with van der Waals surface area (Å²) in [6.45, 7) is 0. The lowest BCUT2D eigenvalue weighted by molar-refractivity contribution is -0.383. The van der Waals surface area contributed by atoms with Gasteiger partial charge in [0.2, 0.25) is 11.6 Å². The van der Waals surface area contributed by atoms with Crippen molar-refractivity contribution >= 4 is 23.2 Å². The minimum absolute atomic E-state index is 0.0780. The van der Waals surface area contributed by atoms with Crippen LogP contribution in [0.5, 0.6) is 0 Å². The van der Waals surface area contributed by atoms with Crippen molar-refractivity contribution < 1.29 is 9.72 Å². The Morgan fingerprint density at radius 2 is 1.81 bits per heavy atom. The largest absolute Gasteiger partial charge is 0.361 e. The Bertz CT molecular complexity index is 779. The molecule has 136 valence electrons. The molecule has 1 saturated carbocycles. The molecule has 1 fully saturated rings. The van der Waals surface area contributed by atoms with E-state index < -0.39 is 10.8 Å². The van der Waals surface area contributed by atoms with Crippen molar-refractivity contribution in [1.82, 2.24) is 20.4 Å². The van der Waals surface area contributed by atoms with Crippen LogP contribution in [0, 0.1) is 10.1 Å². The smallest absolute Gasteiger partial charge is 0.354 e. The third-order valence-corrected chi connectivity index (χ3v) is 4.19. The molecule has 0 saturated heterocycles. The van der Waals surface area contributed by atoms with Gasteiger partial charge in [-0.25, -0.2) is 9.97 Å². The summed E-state index contributed by atoms with van der Waals surface area (Å²) in [5.41, 5.74) is 4.99. The van der Waals surface area contributed by atoms with Crippen molar-refractivity contribution in [3.63, 3.8) is 0 Å². The normalized spacial score (nSPS) is 14.5. The van der Waals surface area contributed by atoms with Crippen LogP contribution >= 0.6 is 0 Å². The number of pyridine rings is 1. The molecule has 0 spiro atoms. The fraction of sp³-hybridized carbons (Fsp3) is 0.375. The van der Waals surface area contributed by atoms with Gasteiger partial charge in [-0.2, -0.15) is 0 Å². The highest BCUT2D eigenvalue weighted by molar-refractivity contribution is 5.94. The fourth-order valence-corrected chi connectivity index (χ4v) is 2.88. The number of anilines is 2. The number of carbonyl (C=O) groups is 1. The Morgan fingerprint density at radius 3 is 2.50 bits per heavy atom. The third-order valence-electron chi connectivity index (χ3n) is 4.19. The SMILES string of the molecule is O=C(NNc1ncnc(NC2CCCCC2)c1[N+](=O)[O-])c1ccncc1. The molecule has 10 nitrogen and oxygen atoms in total. The second kappa shape index (κ2) is 8.19. The summed E-state index contributed by atoms with van der Waals surface area (Å²) in [5.74, 6) is -0.384. The zero-order valence-electron chi connectivity index (χ0n) is 14.0. The van der Waals surface area contributed by atoms with Crippen LogP contribution in [0.3, 0.4) is 0 Å². The summed E-state index contributed by atoms with van der Waals surface area (Å²) < 4.78 is 0. The zero-order chi connectivity index (χ0) is 18.4. The fourth-order valence-electron chi connectivity index (χ4n) is 2.88. The molecule has 1 aliphatic rings. The van der Waals surface area contributed by atoms with E-state index in [-0.39, 0.29) is 23.4 Å². The van der Waals surface area contributed by atoms with E-state index in [0.29, 0.717) is 5.56 Å². The minimum Gasteiger partial charge on any atom is -0.361 e. The lowest BCUT2D eigenvalue weighted by atomic mass is 9.95. The monoisotopic (exact) mass is 357 g/mol. The molecule has 0 aromatic carbocycles. The van der Waals surface area contributed by atoms with Crippen molar-refractivity contribution in [2.45, 2.75) is 38.1 Å². The molecule has 0 atom stereocenters. The van der Waals surface area contributed by atoms with Gasteiger partial charge >= 0.3 is 5.69 Å². The number of rotatable bonds is 6. The van der Waals surface area contributed by atoms with Gasteiger partial charge in [-0.3, -0.25) is 30.7 Å². The van der Waals surface area contributed by atoms with E-state index in [1.54, 1.807) is 0 Å². The van der Waals surface area contributed by atoms with Crippen molar-refractivity contribution in [2.75, 3.05) is 10.7 Å². The highest BCUT2D eigenvalue weighted by Crippen LogP contribution is 2.31. The molecule has 2 heterocycles. The van der Waals surface area contributed by atoms with Crippen molar-refractivity contribution in [2.24, 2.45) is 0 Å². The highest BCUT2D eigenvalue weighted by atomic mass is 16.6. The minimum atomic E-state index is -0.563. The van der Waals surface area contributed by atoms with E-state index >= 15 is 0 Å². The molecule has 0 radical (unpaired) electrons. The second-order valence-corrected chi connectivity index (χ2v) is 5.97. The van der Waals surface area contributed by atoms with E-state index in [0.717, 1.165) is 25.7 Å². The van der Waals surface area contributed by atoms with Gasteiger partial charge in [0.1, 0.15) is 6.33 Å². The maximum atomic E-state index is 12.1. The van der Waals surface area contributed by atoms with Gasteiger partial charge in [0, 0.05) is 24.0 Å². The number of amides is 1. The Hall–Kier alpha value is -3.30. The Morgan fingerprint density at radius 1 is 1.12 bits per heavy atom. The summed E-state index contributed by atoms with van der Waals surface area (Å²) in [5, 5.41) is 14.7. The molecular weight excluding hydrogens is 338 g/mol. The first-order valence-electron chi connectivity index (χ1n) is 8.37. The molecule has 0 unspecified atom stereocenters. The van der Waals surface area contributed by atoms with Crippen molar-refractivity contribution in [3.8, 4) is 0 Å². The molecule has 2 aromatic heterocycles. The van der Waals surface area contributed by atoms with E-state index in [2.05, 4.69) is 31.1 Å². The molecule has 2 aromatic rings. The molecule has 26 heavy (non-hydrogen) atoms. The standard InChI is InChI=1S/C16H19N7O3/c24-16(11-6-8-17-9-7-11)22-21-15-13(23(25)26)14(18-10-19-15)20-12-4-2-1-3-5-12/h6-10,12H,1-5H2,(H,22,24)(H2,18,19,20,21). The average Bonchev–Trinajstić information content (AvgIpc) is 2.67. The number of nitro groups is 1. The molecule has 0 aliphatic heterocycles. The van der Waals surface area contributed by atoms with Crippen LogP contribution in [-0.2, 0) is 0 Å². The lowest BCUT2D eigenvalue weighted by Crippen LogP contribution is -2.30. The molecule has 3 rings (SSSR count). The quantitative estimate of drug-likeness (QED) is 0.529. The summed E-state index contributed by atoms with van der Waals surface area (Å²) >= 11 is 0. The number of hydrogen-bond donors (Lipinski definition) is 3. The Balaban J connectivity index is 1.75. The van der Waals surface area contributed by atoms with Crippen LogP contribution < -0.4 is 16.2 Å². The molecule has 1 amide bonds. The van der Waals surface area contributed by atoms with Gasteiger partial charge in [-0.1, -0.05) is 19.3 Å². The van der Waals surface area contributed by atoms with Crippen molar-refractivity contribution in [3.05, 3.63) is 46.5 Å². The van der Waals surface area contributed by atoms with Gasteiger partial charge in [-0.05, 0) is 25.0 Å². The number of carbonyl (C=O) groups excluding carboxylic acids is 1. The van der Waals surface area contributed by atoms with E-state index in [1.165, 1.54) is 37.3 Å². The van der Waals surface area contributed by atoms with E-state index in [9.17, 15) is 14.9 Å². The Labute approximate surface area is 149 Å².